The summed E-state index contributed by atoms with van der Waals surface area (Å²) in [4.78, 5) is 0. The van der Waals surface area contributed by atoms with E-state index in [0.717, 1.165) is 22.7 Å². The normalized spacial score (nSPS) is 10.9. The van der Waals surface area contributed by atoms with E-state index >= 15 is 0 Å². The molecule has 0 amide bonds. The van der Waals surface area contributed by atoms with E-state index in [4.69, 9.17) is 17.0 Å². The Morgan fingerprint density at radius 2 is 1.86 bits per heavy atom. The van der Waals surface area contributed by atoms with Crippen LogP contribution in [0.1, 0.15) is 12.5 Å². The summed E-state index contributed by atoms with van der Waals surface area (Å²) in [6.45, 7) is 1.91. The van der Waals surface area contributed by atoms with Crippen molar-refractivity contribution in [3.63, 3.8) is 0 Å². The minimum absolute atomic E-state index is 0.448. The maximum absolute atomic E-state index is 5.20. The van der Waals surface area contributed by atoms with Crippen LogP contribution in [0.4, 0.5) is 5.69 Å². The third kappa shape index (κ3) is 4.57. The molecule has 0 spiro atoms. The molecule has 0 aliphatic heterocycles. The molecule has 0 fully saturated rings. The van der Waals surface area contributed by atoms with Crippen LogP contribution < -0.4 is 15.5 Å². The molecule has 2 rings (SSSR count). The molecule has 0 radical (unpaired) electrons. The highest BCUT2D eigenvalue weighted by molar-refractivity contribution is 7.80. The number of hydrogen-bond donors (Lipinski definition) is 2. The Kier molecular flexibility index (Phi) is 5.29. The number of anilines is 1. The van der Waals surface area contributed by atoms with E-state index in [-0.39, 0.29) is 0 Å². The van der Waals surface area contributed by atoms with Gasteiger partial charge in [0.2, 0.25) is 0 Å². The maximum atomic E-state index is 5.20. The second kappa shape index (κ2) is 7.40. The number of ether oxygens (including phenoxy) is 1. The Hall–Kier alpha value is -2.40. The highest BCUT2D eigenvalue weighted by Crippen LogP contribution is 2.13. The molecule has 2 aromatic rings. The number of methoxy groups -OCH3 is 1. The fourth-order valence-corrected chi connectivity index (χ4v) is 1.89. The van der Waals surface area contributed by atoms with Gasteiger partial charge in [-0.2, -0.15) is 5.10 Å². The van der Waals surface area contributed by atoms with Crippen molar-refractivity contribution in [2.24, 2.45) is 5.10 Å². The fraction of sp³-hybridized carbons (Fsp3) is 0.125. The molecule has 0 aromatic heterocycles. The molecule has 0 bridgehead atoms. The van der Waals surface area contributed by atoms with Crippen LogP contribution in [-0.4, -0.2) is 17.9 Å². The summed E-state index contributed by atoms with van der Waals surface area (Å²) in [5.41, 5.74) is 5.56. The van der Waals surface area contributed by atoms with E-state index in [2.05, 4.69) is 15.8 Å². The molecule has 4 nitrogen and oxygen atoms in total. The van der Waals surface area contributed by atoms with Crippen molar-refractivity contribution in [3.8, 4) is 5.75 Å². The second-order valence-corrected chi connectivity index (χ2v) is 4.77. The Bertz CT molecular complexity index is 641. The first-order valence-electron chi connectivity index (χ1n) is 6.50. The molecule has 0 saturated heterocycles. The third-order valence-corrected chi connectivity index (χ3v) is 3.04. The molecule has 0 unspecified atom stereocenters. The summed E-state index contributed by atoms with van der Waals surface area (Å²) in [7, 11) is 1.64. The van der Waals surface area contributed by atoms with Crippen molar-refractivity contribution in [1.29, 1.82) is 0 Å². The van der Waals surface area contributed by atoms with E-state index in [9.17, 15) is 0 Å². The number of nitrogens with zero attached hydrogens (tertiary/aromatic N) is 1. The zero-order valence-corrected chi connectivity index (χ0v) is 12.8. The molecule has 5 heteroatoms. The van der Waals surface area contributed by atoms with Gasteiger partial charge in [-0.05, 0) is 43.4 Å². The van der Waals surface area contributed by atoms with E-state index in [1.165, 1.54) is 0 Å². The molecule has 0 aliphatic carbocycles. The molecule has 108 valence electrons. The number of rotatable bonds is 4. The molecule has 0 saturated carbocycles. The van der Waals surface area contributed by atoms with Crippen molar-refractivity contribution in [2.75, 3.05) is 12.4 Å². The monoisotopic (exact) mass is 299 g/mol. The van der Waals surface area contributed by atoms with Gasteiger partial charge in [0, 0.05) is 11.3 Å². The average molecular weight is 299 g/mol. The van der Waals surface area contributed by atoms with Gasteiger partial charge in [0.25, 0.3) is 0 Å². The standard InChI is InChI=1S/C16H17N3OS/c1-12(13-7-6-10-15(11-13)20-2)18-19-16(21)17-14-8-4-3-5-9-14/h3-11H,1-2H3,(H2,17,19,21)/b18-12-. The molecule has 0 atom stereocenters. The molecule has 2 N–H and O–H groups in total. The van der Waals surface area contributed by atoms with Gasteiger partial charge in [0.15, 0.2) is 5.11 Å². The van der Waals surface area contributed by atoms with E-state index < -0.39 is 0 Å². The topological polar surface area (TPSA) is 45.6 Å². The molecular weight excluding hydrogens is 282 g/mol. The van der Waals surface area contributed by atoms with Gasteiger partial charge in [0.05, 0.1) is 12.8 Å². The summed E-state index contributed by atoms with van der Waals surface area (Å²) in [6, 6.07) is 17.4. The first-order chi connectivity index (χ1) is 10.2. The number of benzene rings is 2. The SMILES string of the molecule is COc1cccc(/C(C)=N\NC(=S)Nc2ccccc2)c1. The van der Waals surface area contributed by atoms with E-state index in [0.29, 0.717) is 5.11 Å². The van der Waals surface area contributed by atoms with Gasteiger partial charge >= 0.3 is 0 Å². The smallest absolute Gasteiger partial charge is 0.191 e. The van der Waals surface area contributed by atoms with Gasteiger partial charge in [-0.3, -0.25) is 5.43 Å². The van der Waals surface area contributed by atoms with Crippen LogP contribution in [0.25, 0.3) is 0 Å². The van der Waals surface area contributed by atoms with Crippen molar-refractivity contribution in [3.05, 3.63) is 60.2 Å². The Balaban J connectivity index is 1.98. The highest BCUT2D eigenvalue weighted by atomic mass is 32.1. The van der Waals surface area contributed by atoms with Gasteiger partial charge < -0.3 is 10.1 Å². The number of hydrogen-bond acceptors (Lipinski definition) is 3. The largest absolute Gasteiger partial charge is 0.497 e. The maximum Gasteiger partial charge on any atom is 0.191 e. The van der Waals surface area contributed by atoms with Crippen LogP contribution in [0.5, 0.6) is 5.75 Å². The van der Waals surface area contributed by atoms with Gasteiger partial charge in [-0.1, -0.05) is 30.3 Å². The number of thiocarbonyl (C=S) groups is 1. The Morgan fingerprint density at radius 3 is 2.57 bits per heavy atom. The van der Waals surface area contributed by atoms with Crippen LogP contribution in [0.2, 0.25) is 0 Å². The third-order valence-electron chi connectivity index (χ3n) is 2.84. The van der Waals surface area contributed by atoms with Gasteiger partial charge in [-0.15, -0.1) is 0 Å². The Morgan fingerprint density at radius 1 is 1.10 bits per heavy atom. The van der Waals surface area contributed by atoms with E-state index in [1.807, 2.05) is 61.5 Å². The van der Waals surface area contributed by atoms with Crippen molar-refractivity contribution >= 4 is 28.7 Å². The first kappa shape index (κ1) is 15.0. The minimum atomic E-state index is 0.448. The van der Waals surface area contributed by atoms with Gasteiger partial charge in [0.1, 0.15) is 5.75 Å². The molecule has 0 aliphatic rings. The lowest BCUT2D eigenvalue weighted by Gasteiger charge is -2.08. The summed E-state index contributed by atoms with van der Waals surface area (Å²) >= 11 is 5.20. The Labute approximate surface area is 129 Å². The number of hydrazone groups is 1. The zero-order valence-electron chi connectivity index (χ0n) is 12.0. The van der Waals surface area contributed by atoms with Crippen LogP contribution in [0, 0.1) is 0 Å². The predicted octanol–water partition coefficient (Wildman–Crippen LogP) is 3.41. The molecular formula is C16H17N3OS. The number of nitrogens with one attached hydrogen (secondary N) is 2. The summed E-state index contributed by atoms with van der Waals surface area (Å²) in [5.74, 6) is 0.798. The molecule has 21 heavy (non-hydrogen) atoms. The van der Waals surface area contributed by atoms with Crippen LogP contribution in [0.3, 0.4) is 0 Å². The zero-order chi connectivity index (χ0) is 15.1. The lowest BCUT2D eigenvalue weighted by atomic mass is 10.1. The average Bonchev–Trinajstić information content (AvgIpc) is 2.53. The van der Waals surface area contributed by atoms with Crippen LogP contribution in [0.15, 0.2) is 59.7 Å². The lowest BCUT2D eigenvalue weighted by Crippen LogP contribution is -2.24. The predicted molar refractivity (Wildman–Crippen MR) is 91.0 cm³/mol. The number of para-hydroxylation sites is 1. The summed E-state index contributed by atoms with van der Waals surface area (Å²) < 4.78 is 5.20. The van der Waals surface area contributed by atoms with Crippen molar-refractivity contribution in [1.82, 2.24) is 5.43 Å². The quantitative estimate of drug-likeness (QED) is 0.516. The molecule has 2 aromatic carbocycles. The minimum Gasteiger partial charge on any atom is -0.497 e. The van der Waals surface area contributed by atoms with Crippen LogP contribution >= 0.6 is 12.2 Å². The van der Waals surface area contributed by atoms with Crippen molar-refractivity contribution < 1.29 is 4.74 Å². The fourth-order valence-electron chi connectivity index (χ4n) is 1.73. The highest BCUT2D eigenvalue weighted by Gasteiger charge is 2.00. The van der Waals surface area contributed by atoms with E-state index in [1.54, 1.807) is 7.11 Å². The lowest BCUT2D eigenvalue weighted by molar-refractivity contribution is 0.414. The molecule has 0 heterocycles. The first-order valence-corrected chi connectivity index (χ1v) is 6.90. The second-order valence-electron chi connectivity index (χ2n) is 4.36. The van der Waals surface area contributed by atoms with Crippen molar-refractivity contribution in [2.45, 2.75) is 6.92 Å². The summed E-state index contributed by atoms with van der Waals surface area (Å²) in [5, 5.41) is 7.78. The van der Waals surface area contributed by atoms with Gasteiger partial charge in [-0.25, -0.2) is 0 Å². The summed E-state index contributed by atoms with van der Waals surface area (Å²) in [6.07, 6.45) is 0. The van der Waals surface area contributed by atoms with Crippen LogP contribution in [-0.2, 0) is 0 Å².